The molecule has 7 heavy (non-hydrogen) atoms. The van der Waals surface area contributed by atoms with Crippen molar-refractivity contribution in [2.45, 2.75) is 6.10 Å². The summed E-state index contributed by atoms with van der Waals surface area (Å²) < 4.78 is 4.71. The van der Waals surface area contributed by atoms with Crippen molar-refractivity contribution in [3.8, 4) is 0 Å². The van der Waals surface area contributed by atoms with Crippen LogP contribution in [-0.2, 0) is 9.53 Å². The van der Waals surface area contributed by atoms with E-state index in [1.54, 1.807) is 0 Å². The molecule has 0 aromatic carbocycles. The number of ether oxygens (including phenoxy) is 1. The summed E-state index contributed by atoms with van der Waals surface area (Å²) in [6.45, 7) is 0.337. The summed E-state index contributed by atoms with van der Waals surface area (Å²) in [5, 5.41) is 0. The summed E-state index contributed by atoms with van der Waals surface area (Å²) in [6, 6.07) is 0. The highest BCUT2D eigenvalue weighted by Gasteiger charge is 2.06. The molecule has 0 saturated heterocycles. The van der Waals surface area contributed by atoms with Crippen molar-refractivity contribution in [3.05, 3.63) is 0 Å². The van der Waals surface area contributed by atoms with Gasteiger partial charge in [-0.3, -0.25) is 4.99 Å². The molecule has 0 aromatic heterocycles. The van der Waals surface area contributed by atoms with E-state index in [4.69, 9.17) is 4.74 Å². The first-order valence-electron chi connectivity index (χ1n) is 2.00. The van der Waals surface area contributed by atoms with Crippen LogP contribution in [0.3, 0.4) is 0 Å². The van der Waals surface area contributed by atoms with Gasteiger partial charge in [0, 0.05) is 6.21 Å². The highest BCUT2D eigenvalue weighted by Crippen LogP contribution is 1.91. The molecule has 1 aliphatic rings. The lowest BCUT2D eigenvalue weighted by molar-refractivity contribution is -0.113. The van der Waals surface area contributed by atoms with Crippen LogP contribution in [0.25, 0.3) is 0 Å². The van der Waals surface area contributed by atoms with E-state index >= 15 is 0 Å². The molecule has 0 saturated carbocycles. The van der Waals surface area contributed by atoms with E-state index in [-0.39, 0.29) is 6.10 Å². The van der Waals surface area contributed by atoms with E-state index in [0.717, 1.165) is 6.29 Å². The van der Waals surface area contributed by atoms with E-state index in [0.29, 0.717) is 6.73 Å². The zero-order chi connectivity index (χ0) is 5.11. The molecule has 1 heterocycles. The summed E-state index contributed by atoms with van der Waals surface area (Å²) in [4.78, 5) is 13.4. The van der Waals surface area contributed by atoms with Crippen molar-refractivity contribution in [1.82, 2.24) is 0 Å². The first kappa shape index (κ1) is 4.46. The Morgan fingerprint density at radius 2 is 2.86 bits per heavy atom. The van der Waals surface area contributed by atoms with E-state index in [2.05, 4.69) is 4.99 Å². The molecule has 0 N–H and O–H groups in total. The molecule has 0 aromatic rings. The molecule has 3 heteroatoms. The van der Waals surface area contributed by atoms with Crippen molar-refractivity contribution < 1.29 is 9.53 Å². The summed E-state index contributed by atoms with van der Waals surface area (Å²) in [7, 11) is 0. The molecule has 0 spiro atoms. The third kappa shape index (κ3) is 0.838. The lowest BCUT2D eigenvalue weighted by atomic mass is 10.4. The van der Waals surface area contributed by atoms with Crippen molar-refractivity contribution >= 4 is 12.5 Å². The highest BCUT2D eigenvalue weighted by molar-refractivity contribution is 5.84. The topological polar surface area (TPSA) is 38.7 Å². The van der Waals surface area contributed by atoms with Crippen molar-refractivity contribution in [1.29, 1.82) is 0 Å². The van der Waals surface area contributed by atoms with E-state index in [1.165, 1.54) is 6.21 Å². The molecular weight excluding hydrogens is 94.0 g/mol. The molecule has 1 rings (SSSR count). The van der Waals surface area contributed by atoms with Crippen LogP contribution in [0.2, 0.25) is 0 Å². The maximum Gasteiger partial charge on any atom is 0.154 e. The van der Waals surface area contributed by atoms with Gasteiger partial charge in [0.05, 0.1) is 0 Å². The van der Waals surface area contributed by atoms with Gasteiger partial charge in [0.2, 0.25) is 0 Å². The lowest BCUT2D eigenvalue weighted by Crippen LogP contribution is -2.08. The molecule has 0 aliphatic carbocycles. The Kier molecular flexibility index (Phi) is 1.17. The van der Waals surface area contributed by atoms with Crippen LogP contribution >= 0.6 is 0 Å². The minimum atomic E-state index is -0.375. The zero-order valence-electron chi connectivity index (χ0n) is 3.70. The number of hydrogen-bond donors (Lipinski definition) is 0. The van der Waals surface area contributed by atoms with Gasteiger partial charge in [-0.25, -0.2) is 0 Å². The Balaban J connectivity index is 2.42. The molecule has 1 atom stereocenters. The predicted molar refractivity (Wildman–Crippen MR) is 24.3 cm³/mol. The second-order valence-corrected chi connectivity index (χ2v) is 1.23. The van der Waals surface area contributed by atoms with Crippen molar-refractivity contribution in [2.75, 3.05) is 6.73 Å². The van der Waals surface area contributed by atoms with Crippen LogP contribution in [-0.4, -0.2) is 25.3 Å². The maximum absolute atomic E-state index is 9.79. The minimum absolute atomic E-state index is 0.337. The average Bonchev–Trinajstić information content (AvgIpc) is 2.14. The van der Waals surface area contributed by atoms with Gasteiger partial charge in [-0.15, -0.1) is 0 Å². The van der Waals surface area contributed by atoms with E-state index < -0.39 is 0 Å². The SMILES string of the molecule is O=CC1C=NCO1. The molecular formula is C4H5NO2. The predicted octanol–water partition coefficient (Wildman–Crippen LogP) is -0.388. The third-order valence-electron chi connectivity index (χ3n) is 0.728. The van der Waals surface area contributed by atoms with E-state index in [1.807, 2.05) is 0 Å². The highest BCUT2D eigenvalue weighted by atomic mass is 16.5. The van der Waals surface area contributed by atoms with Gasteiger partial charge in [0.1, 0.15) is 12.8 Å². The summed E-state index contributed by atoms with van der Waals surface area (Å²) in [5.41, 5.74) is 0. The number of aliphatic imine (C=N–C) groups is 1. The van der Waals surface area contributed by atoms with Gasteiger partial charge in [0.15, 0.2) is 6.29 Å². The molecule has 0 amide bonds. The lowest BCUT2D eigenvalue weighted by Gasteiger charge is -1.90. The van der Waals surface area contributed by atoms with Gasteiger partial charge < -0.3 is 9.53 Å². The fraction of sp³-hybridized carbons (Fsp3) is 0.500. The van der Waals surface area contributed by atoms with Gasteiger partial charge in [-0.1, -0.05) is 0 Å². The molecule has 0 fully saturated rings. The van der Waals surface area contributed by atoms with Crippen LogP contribution < -0.4 is 0 Å². The third-order valence-corrected chi connectivity index (χ3v) is 0.728. The summed E-state index contributed by atoms with van der Waals surface area (Å²) in [5.74, 6) is 0. The zero-order valence-corrected chi connectivity index (χ0v) is 3.70. The number of rotatable bonds is 1. The first-order valence-corrected chi connectivity index (χ1v) is 2.00. The largest absolute Gasteiger partial charge is 0.343 e. The number of hydrogen-bond acceptors (Lipinski definition) is 3. The Morgan fingerprint density at radius 1 is 2.00 bits per heavy atom. The van der Waals surface area contributed by atoms with Crippen molar-refractivity contribution in [3.63, 3.8) is 0 Å². The van der Waals surface area contributed by atoms with Crippen LogP contribution in [0.5, 0.6) is 0 Å². The second-order valence-electron chi connectivity index (χ2n) is 1.23. The van der Waals surface area contributed by atoms with Gasteiger partial charge >= 0.3 is 0 Å². The fourth-order valence-corrected chi connectivity index (χ4v) is 0.393. The van der Waals surface area contributed by atoms with Gasteiger partial charge in [-0.05, 0) is 0 Å². The summed E-state index contributed by atoms with van der Waals surface area (Å²) >= 11 is 0. The van der Waals surface area contributed by atoms with Gasteiger partial charge in [0.25, 0.3) is 0 Å². The van der Waals surface area contributed by atoms with Gasteiger partial charge in [-0.2, -0.15) is 0 Å². The van der Waals surface area contributed by atoms with Crippen LogP contribution in [0.15, 0.2) is 4.99 Å². The molecule has 1 aliphatic heterocycles. The number of aldehydes is 1. The number of carbonyl (C=O) groups is 1. The Hall–Kier alpha value is -0.700. The molecule has 0 bridgehead atoms. The first-order chi connectivity index (χ1) is 3.43. The smallest absolute Gasteiger partial charge is 0.154 e. The molecule has 3 nitrogen and oxygen atoms in total. The monoisotopic (exact) mass is 99.0 g/mol. The van der Waals surface area contributed by atoms with E-state index in [9.17, 15) is 4.79 Å². The van der Waals surface area contributed by atoms with Crippen LogP contribution in [0, 0.1) is 0 Å². The standard InChI is InChI=1S/C4H5NO2/c6-2-4-1-5-3-7-4/h1-2,4H,3H2. The molecule has 0 radical (unpaired) electrons. The minimum Gasteiger partial charge on any atom is -0.343 e. The molecule has 38 valence electrons. The van der Waals surface area contributed by atoms with Crippen LogP contribution in [0.1, 0.15) is 0 Å². The number of carbonyl (C=O) groups excluding carboxylic acids is 1. The quantitative estimate of drug-likeness (QED) is 0.420. The second kappa shape index (κ2) is 1.84. The Labute approximate surface area is 41.0 Å². The normalized spacial score (nSPS) is 28.3. The average molecular weight is 99.1 g/mol. The maximum atomic E-state index is 9.79. The Morgan fingerprint density at radius 3 is 3.14 bits per heavy atom. The van der Waals surface area contributed by atoms with Crippen LogP contribution in [0.4, 0.5) is 0 Å². The van der Waals surface area contributed by atoms with Crippen molar-refractivity contribution in [2.24, 2.45) is 4.99 Å². The Bertz CT molecular complexity index is 99.9. The number of nitrogens with zero attached hydrogens (tertiary/aromatic N) is 1. The molecule has 1 unspecified atom stereocenters. The summed E-state index contributed by atoms with van der Waals surface area (Å²) in [6.07, 6.45) is 1.84. The fourth-order valence-electron chi connectivity index (χ4n) is 0.393.